The number of hydrogen-bond acceptors (Lipinski definition) is 4. The van der Waals surface area contributed by atoms with Crippen molar-refractivity contribution in [1.82, 2.24) is 0 Å². The van der Waals surface area contributed by atoms with E-state index in [1.54, 1.807) is 6.08 Å². The first kappa shape index (κ1) is 18.2. The average Bonchev–Trinajstić information content (AvgIpc) is 2.92. The van der Waals surface area contributed by atoms with Crippen molar-refractivity contribution in [3.63, 3.8) is 0 Å². The number of aliphatic hydroxyl groups excluding tert-OH is 1. The van der Waals surface area contributed by atoms with Gasteiger partial charge in [-0.05, 0) is 24.5 Å². The first-order chi connectivity index (χ1) is 11.5. The van der Waals surface area contributed by atoms with Crippen molar-refractivity contribution in [2.45, 2.75) is 32.2 Å². The molecule has 1 aliphatic rings. The lowest BCUT2D eigenvalue weighted by atomic mass is 9.73. The van der Waals surface area contributed by atoms with Gasteiger partial charge >= 0.3 is 5.97 Å². The molecule has 1 saturated heterocycles. The summed E-state index contributed by atoms with van der Waals surface area (Å²) in [6, 6.07) is 9.66. The zero-order valence-electron chi connectivity index (χ0n) is 14.1. The lowest BCUT2D eigenvalue weighted by Crippen LogP contribution is -2.42. The first-order valence-electron chi connectivity index (χ1n) is 7.97. The summed E-state index contributed by atoms with van der Waals surface area (Å²) in [5.41, 5.74) is 0.620. The third-order valence-electron chi connectivity index (χ3n) is 4.24. The van der Waals surface area contributed by atoms with Crippen LogP contribution in [0.2, 0.25) is 0 Å². The highest BCUT2D eigenvalue weighted by Crippen LogP contribution is 2.45. The minimum atomic E-state index is -1.02. The second kappa shape index (κ2) is 8.08. The smallest absolute Gasteiger partial charge is 0.315 e. The van der Waals surface area contributed by atoms with E-state index >= 15 is 0 Å². The molecular weight excluding hydrogens is 304 g/mol. The Morgan fingerprint density at radius 2 is 2.12 bits per heavy atom. The van der Waals surface area contributed by atoms with E-state index in [0.29, 0.717) is 12.0 Å². The molecule has 128 valence electrons. The summed E-state index contributed by atoms with van der Waals surface area (Å²) in [6.07, 6.45) is 6.33. The number of aliphatic hydroxyl groups is 1. The molecule has 2 rings (SSSR count). The molecule has 1 fully saturated rings. The number of esters is 1. The summed E-state index contributed by atoms with van der Waals surface area (Å²) in [5.74, 6) is -0.395. The second-order valence-corrected chi connectivity index (χ2v) is 5.94. The monoisotopic (exact) mass is 328 g/mol. The molecular formula is C20H24O4. The topological polar surface area (TPSA) is 55.8 Å². The minimum Gasteiger partial charge on any atom is -0.468 e. The first-order valence-corrected chi connectivity index (χ1v) is 7.97. The Hall–Kier alpha value is -2.17. The molecule has 4 heteroatoms. The molecule has 0 spiro atoms. The van der Waals surface area contributed by atoms with Gasteiger partial charge in [-0.2, -0.15) is 0 Å². The zero-order chi connectivity index (χ0) is 17.6. The molecule has 1 aliphatic heterocycles. The van der Waals surface area contributed by atoms with Gasteiger partial charge in [-0.15, -0.1) is 0 Å². The Labute approximate surface area is 143 Å². The summed E-state index contributed by atoms with van der Waals surface area (Å²) in [5, 5.41) is 10.1. The van der Waals surface area contributed by atoms with E-state index in [1.807, 2.05) is 55.5 Å². The molecule has 1 heterocycles. The van der Waals surface area contributed by atoms with Gasteiger partial charge in [-0.25, -0.2) is 0 Å². The van der Waals surface area contributed by atoms with Gasteiger partial charge in [-0.3, -0.25) is 4.79 Å². The molecule has 3 atom stereocenters. The van der Waals surface area contributed by atoms with Crippen LogP contribution in [0.5, 0.6) is 0 Å². The predicted octanol–water partition coefficient (Wildman–Crippen LogP) is 3.18. The average molecular weight is 328 g/mol. The number of ether oxygens (including phenoxy) is 2. The fourth-order valence-corrected chi connectivity index (χ4v) is 3.16. The number of methoxy groups -OCH3 is 1. The number of benzene rings is 1. The van der Waals surface area contributed by atoms with Crippen LogP contribution in [-0.2, 0) is 20.7 Å². The highest BCUT2D eigenvalue weighted by atomic mass is 16.6. The highest BCUT2D eigenvalue weighted by molar-refractivity contribution is 5.79. The summed E-state index contributed by atoms with van der Waals surface area (Å²) in [4.78, 5) is 12.6. The van der Waals surface area contributed by atoms with Gasteiger partial charge < -0.3 is 14.6 Å². The van der Waals surface area contributed by atoms with Crippen molar-refractivity contribution < 1.29 is 19.4 Å². The van der Waals surface area contributed by atoms with Gasteiger partial charge in [0.25, 0.3) is 0 Å². The van der Waals surface area contributed by atoms with Crippen LogP contribution in [-0.4, -0.2) is 30.6 Å². The van der Waals surface area contributed by atoms with Crippen LogP contribution < -0.4 is 0 Å². The quantitative estimate of drug-likeness (QED) is 0.644. The zero-order valence-corrected chi connectivity index (χ0v) is 14.1. The number of rotatable bonds is 6. The van der Waals surface area contributed by atoms with Gasteiger partial charge in [0.15, 0.2) is 6.29 Å². The summed E-state index contributed by atoms with van der Waals surface area (Å²) in [7, 11) is 1.36. The Balaban J connectivity index is 2.38. The Bertz CT molecular complexity index is 632. The van der Waals surface area contributed by atoms with E-state index < -0.39 is 23.8 Å². The lowest BCUT2D eigenvalue weighted by Gasteiger charge is -2.31. The van der Waals surface area contributed by atoms with Crippen LogP contribution in [0.15, 0.2) is 66.8 Å². The van der Waals surface area contributed by atoms with Crippen molar-refractivity contribution in [3.8, 4) is 0 Å². The fraction of sp³-hybridized carbons (Fsp3) is 0.350. The van der Waals surface area contributed by atoms with E-state index in [1.165, 1.54) is 7.11 Å². The molecule has 24 heavy (non-hydrogen) atoms. The Morgan fingerprint density at radius 3 is 2.75 bits per heavy atom. The molecule has 0 bridgehead atoms. The summed E-state index contributed by atoms with van der Waals surface area (Å²) in [6.45, 7) is 5.95. The minimum absolute atomic E-state index is 0.176. The van der Waals surface area contributed by atoms with Crippen molar-refractivity contribution in [1.29, 1.82) is 0 Å². The predicted molar refractivity (Wildman–Crippen MR) is 93.2 cm³/mol. The molecule has 0 aromatic heterocycles. The summed E-state index contributed by atoms with van der Waals surface area (Å²) >= 11 is 0. The van der Waals surface area contributed by atoms with Gasteiger partial charge in [0.2, 0.25) is 0 Å². The molecule has 1 N–H and O–H groups in total. The molecule has 1 aromatic carbocycles. The Kier molecular flexibility index (Phi) is 6.12. The maximum Gasteiger partial charge on any atom is 0.315 e. The van der Waals surface area contributed by atoms with E-state index in [4.69, 9.17) is 9.47 Å². The van der Waals surface area contributed by atoms with E-state index in [2.05, 4.69) is 6.58 Å². The lowest BCUT2D eigenvalue weighted by molar-refractivity contribution is -0.155. The largest absolute Gasteiger partial charge is 0.468 e. The van der Waals surface area contributed by atoms with Gasteiger partial charge in [-0.1, -0.05) is 61.2 Å². The number of carbonyl (C=O) groups is 1. The maximum absolute atomic E-state index is 12.6. The molecule has 0 aliphatic carbocycles. The normalized spacial score (nSPS) is 27.0. The number of hydrogen-bond donors (Lipinski definition) is 1. The third kappa shape index (κ3) is 3.83. The van der Waals surface area contributed by atoms with Crippen LogP contribution in [0.1, 0.15) is 18.9 Å². The van der Waals surface area contributed by atoms with Gasteiger partial charge in [0.1, 0.15) is 11.5 Å². The van der Waals surface area contributed by atoms with Crippen molar-refractivity contribution in [2.75, 3.05) is 7.11 Å². The SMILES string of the molecule is C=C(/C=C\C=C/C)[C@@H]1OC(O)C[C@]1(Cc1ccccc1)C(=O)OC. The molecule has 0 amide bonds. The highest BCUT2D eigenvalue weighted by Gasteiger charge is 2.55. The van der Waals surface area contributed by atoms with Crippen molar-refractivity contribution in [3.05, 3.63) is 72.4 Å². The maximum atomic E-state index is 12.6. The fourth-order valence-electron chi connectivity index (χ4n) is 3.16. The van der Waals surface area contributed by atoms with E-state index in [9.17, 15) is 9.90 Å². The van der Waals surface area contributed by atoms with Crippen LogP contribution in [0.4, 0.5) is 0 Å². The molecule has 1 unspecified atom stereocenters. The van der Waals surface area contributed by atoms with Gasteiger partial charge in [0, 0.05) is 6.42 Å². The van der Waals surface area contributed by atoms with Crippen molar-refractivity contribution >= 4 is 5.97 Å². The van der Waals surface area contributed by atoms with Crippen LogP contribution in [0.3, 0.4) is 0 Å². The third-order valence-corrected chi connectivity index (χ3v) is 4.24. The number of carbonyl (C=O) groups excluding carboxylic acids is 1. The molecule has 0 saturated carbocycles. The second-order valence-electron chi connectivity index (χ2n) is 5.94. The molecule has 1 aromatic rings. The van der Waals surface area contributed by atoms with Crippen LogP contribution in [0, 0.1) is 5.41 Å². The summed E-state index contributed by atoms with van der Waals surface area (Å²) < 4.78 is 10.7. The van der Waals surface area contributed by atoms with Crippen LogP contribution in [0.25, 0.3) is 0 Å². The Morgan fingerprint density at radius 1 is 1.42 bits per heavy atom. The van der Waals surface area contributed by atoms with Crippen LogP contribution >= 0.6 is 0 Å². The van der Waals surface area contributed by atoms with E-state index in [0.717, 1.165) is 5.56 Å². The molecule has 4 nitrogen and oxygen atoms in total. The number of allylic oxidation sites excluding steroid dienone is 3. The standard InChI is InChI=1S/C20H24O4/c1-4-5-7-10-15(2)18-20(19(22)23-3,14-17(21)24-18)13-16-11-8-6-9-12-16/h4-12,17-18,21H,2,13-14H2,1,3H3/b5-4-,10-7-/t17?,18-,20-/m0/s1. The van der Waals surface area contributed by atoms with Crippen molar-refractivity contribution in [2.24, 2.45) is 5.41 Å². The van der Waals surface area contributed by atoms with Gasteiger partial charge in [0.05, 0.1) is 7.11 Å². The molecule has 0 radical (unpaired) electrons. The van der Waals surface area contributed by atoms with E-state index in [-0.39, 0.29) is 6.42 Å².